The number of amides is 1. The van der Waals surface area contributed by atoms with E-state index in [-0.39, 0.29) is 28.3 Å². The first-order valence-electron chi connectivity index (χ1n) is 9.25. The van der Waals surface area contributed by atoms with Crippen LogP contribution >= 0.6 is 11.8 Å². The molecular formula is C21H22N2O6S. The molecule has 0 bridgehead atoms. The fraction of sp³-hybridized carbons (Fsp3) is 0.286. The van der Waals surface area contributed by atoms with E-state index in [1.54, 1.807) is 18.4 Å². The van der Waals surface area contributed by atoms with Crippen molar-refractivity contribution in [2.24, 2.45) is 0 Å². The van der Waals surface area contributed by atoms with Crippen molar-refractivity contribution in [1.82, 2.24) is 4.90 Å². The molecule has 158 valence electrons. The van der Waals surface area contributed by atoms with Gasteiger partial charge in [0.1, 0.15) is 0 Å². The number of hydrogen-bond donors (Lipinski definition) is 0. The summed E-state index contributed by atoms with van der Waals surface area (Å²) in [4.78, 5) is 50.2. The van der Waals surface area contributed by atoms with Gasteiger partial charge in [0.25, 0.3) is 11.6 Å². The van der Waals surface area contributed by atoms with Crippen molar-refractivity contribution in [3.8, 4) is 0 Å². The van der Waals surface area contributed by atoms with Gasteiger partial charge < -0.3 is 9.64 Å². The monoisotopic (exact) mass is 430 g/mol. The van der Waals surface area contributed by atoms with Crippen LogP contribution in [-0.4, -0.2) is 53.4 Å². The third kappa shape index (κ3) is 5.24. The molecule has 0 saturated heterocycles. The summed E-state index contributed by atoms with van der Waals surface area (Å²) in [5, 5.41) is 11.3. The third-order valence-electron chi connectivity index (χ3n) is 4.47. The van der Waals surface area contributed by atoms with Crippen LogP contribution in [0.15, 0.2) is 47.4 Å². The minimum absolute atomic E-state index is 0.00792. The van der Waals surface area contributed by atoms with Crippen molar-refractivity contribution in [2.45, 2.75) is 18.7 Å². The maximum atomic E-state index is 13.0. The summed E-state index contributed by atoms with van der Waals surface area (Å²) in [6.45, 7) is 4.19. The molecule has 0 aliphatic carbocycles. The number of carbonyl (C=O) groups is 3. The fourth-order valence-corrected chi connectivity index (χ4v) is 3.41. The average molecular weight is 430 g/mol. The van der Waals surface area contributed by atoms with Crippen molar-refractivity contribution in [1.29, 1.82) is 0 Å². The number of benzene rings is 2. The van der Waals surface area contributed by atoms with Crippen LogP contribution in [0.1, 0.15) is 40.1 Å². The van der Waals surface area contributed by atoms with Gasteiger partial charge in [0.05, 0.1) is 15.4 Å². The first kappa shape index (κ1) is 23.1. The van der Waals surface area contributed by atoms with Gasteiger partial charge in [-0.2, -0.15) is 0 Å². The van der Waals surface area contributed by atoms with Crippen molar-refractivity contribution in [3.05, 3.63) is 69.3 Å². The molecule has 0 heterocycles. The van der Waals surface area contributed by atoms with Crippen LogP contribution in [0.3, 0.4) is 0 Å². The maximum absolute atomic E-state index is 13.0. The Balaban J connectivity index is 2.29. The van der Waals surface area contributed by atoms with Crippen molar-refractivity contribution >= 4 is 35.1 Å². The molecule has 2 aromatic carbocycles. The number of ether oxygens (including phenoxy) is 1. The minimum Gasteiger partial charge on any atom is -0.452 e. The van der Waals surface area contributed by atoms with Crippen molar-refractivity contribution in [2.75, 3.05) is 26.0 Å². The molecule has 2 aromatic rings. The number of rotatable bonds is 9. The highest BCUT2D eigenvalue weighted by molar-refractivity contribution is 7.98. The van der Waals surface area contributed by atoms with Gasteiger partial charge in [-0.1, -0.05) is 18.2 Å². The Morgan fingerprint density at radius 2 is 1.70 bits per heavy atom. The van der Waals surface area contributed by atoms with Gasteiger partial charge >= 0.3 is 5.97 Å². The predicted octanol–water partition coefficient (Wildman–Crippen LogP) is 3.57. The van der Waals surface area contributed by atoms with Gasteiger partial charge in [-0.3, -0.25) is 19.7 Å². The Morgan fingerprint density at radius 3 is 2.27 bits per heavy atom. The van der Waals surface area contributed by atoms with Crippen LogP contribution in [0.2, 0.25) is 0 Å². The van der Waals surface area contributed by atoms with Crippen LogP contribution in [0.25, 0.3) is 0 Å². The number of thioether (sulfide) groups is 1. The number of nitro groups is 1. The van der Waals surface area contributed by atoms with E-state index in [9.17, 15) is 24.5 Å². The van der Waals surface area contributed by atoms with E-state index >= 15 is 0 Å². The predicted molar refractivity (Wildman–Crippen MR) is 113 cm³/mol. The molecule has 2 rings (SSSR count). The van der Waals surface area contributed by atoms with Crippen LogP contribution in [0.5, 0.6) is 0 Å². The zero-order valence-electron chi connectivity index (χ0n) is 16.9. The SMILES string of the molecule is CCN(CC)C(=O)COC(=O)c1ccccc1C(=O)c1ccc(SC)c([N+](=O)[O-])c1. The lowest BCUT2D eigenvalue weighted by Gasteiger charge is -2.18. The lowest BCUT2D eigenvalue weighted by molar-refractivity contribution is -0.387. The second-order valence-electron chi connectivity index (χ2n) is 6.16. The lowest BCUT2D eigenvalue weighted by Crippen LogP contribution is -2.34. The molecule has 0 fully saturated rings. The van der Waals surface area contributed by atoms with E-state index in [4.69, 9.17) is 4.74 Å². The first-order valence-corrected chi connectivity index (χ1v) is 10.5. The number of carbonyl (C=O) groups excluding carboxylic acids is 3. The number of esters is 1. The molecule has 9 heteroatoms. The highest BCUT2D eigenvalue weighted by atomic mass is 32.2. The number of hydrogen-bond acceptors (Lipinski definition) is 7. The minimum atomic E-state index is -0.810. The van der Waals surface area contributed by atoms with Gasteiger partial charge in [0, 0.05) is 30.3 Å². The zero-order valence-corrected chi connectivity index (χ0v) is 17.7. The van der Waals surface area contributed by atoms with Crippen LogP contribution < -0.4 is 0 Å². The number of ketones is 1. The van der Waals surface area contributed by atoms with E-state index in [1.807, 2.05) is 13.8 Å². The van der Waals surface area contributed by atoms with Gasteiger partial charge in [0.15, 0.2) is 12.4 Å². The molecule has 0 saturated carbocycles. The van der Waals surface area contributed by atoms with E-state index in [0.717, 1.165) is 0 Å². The Bertz CT molecular complexity index is 972. The van der Waals surface area contributed by atoms with E-state index in [2.05, 4.69) is 0 Å². The standard InChI is InChI=1S/C21H22N2O6S/c1-4-22(5-2)19(24)13-29-21(26)16-9-7-6-8-15(16)20(25)14-10-11-18(30-3)17(12-14)23(27)28/h6-12H,4-5,13H2,1-3H3. The maximum Gasteiger partial charge on any atom is 0.339 e. The molecule has 1 amide bonds. The summed E-state index contributed by atoms with van der Waals surface area (Å²) >= 11 is 1.20. The van der Waals surface area contributed by atoms with Gasteiger partial charge in [-0.05, 0) is 38.3 Å². The van der Waals surface area contributed by atoms with Crippen LogP contribution in [0.4, 0.5) is 5.69 Å². The van der Waals surface area contributed by atoms with Crippen molar-refractivity contribution < 1.29 is 24.0 Å². The first-order chi connectivity index (χ1) is 14.3. The summed E-state index contributed by atoms with van der Waals surface area (Å²) in [7, 11) is 0. The average Bonchev–Trinajstić information content (AvgIpc) is 2.77. The molecule has 0 N–H and O–H groups in total. The highest BCUT2D eigenvalue weighted by Crippen LogP contribution is 2.29. The second kappa shape index (κ2) is 10.5. The molecule has 8 nitrogen and oxygen atoms in total. The highest BCUT2D eigenvalue weighted by Gasteiger charge is 2.23. The Kier molecular flexibility index (Phi) is 8.11. The summed E-state index contributed by atoms with van der Waals surface area (Å²) < 4.78 is 5.11. The van der Waals surface area contributed by atoms with E-state index < -0.39 is 23.3 Å². The summed E-state index contributed by atoms with van der Waals surface area (Å²) in [6.07, 6.45) is 1.70. The molecular weight excluding hydrogens is 408 g/mol. The van der Waals surface area contributed by atoms with Gasteiger partial charge in [0.2, 0.25) is 0 Å². The van der Waals surface area contributed by atoms with Crippen molar-refractivity contribution in [3.63, 3.8) is 0 Å². The smallest absolute Gasteiger partial charge is 0.339 e. The van der Waals surface area contributed by atoms with E-state index in [0.29, 0.717) is 18.0 Å². The van der Waals surface area contributed by atoms with Gasteiger partial charge in [-0.15, -0.1) is 11.8 Å². The molecule has 30 heavy (non-hydrogen) atoms. The molecule has 0 aliphatic rings. The summed E-state index contributed by atoms with van der Waals surface area (Å²) in [6, 6.07) is 10.2. The largest absolute Gasteiger partial charge is 0.452 e. The molecule has 0 unspecified atom stereocenters. The number of nitro benzene ring substituents is 1. The second-order valence-corrected chi connectivity index (χ2v) is 7.01. The van der Waals surface area contributed by atoms with Gasteiger partial charge in [-0.25, -0.2) is 4.79 Å². The molecule has 0 aromatic heterocycles. The normalized spacial score (nSPS) is 10.4. The zero-order chi connectivity index (χ0) is 22.3. The molecule has 0 radical (unpaired) electrons. The number of nitrogens with zero attached hydrogens (tertiary/aromatic N) is 2. The lowest BCUT2D eigenvalue weighted by atomic mass is 9.98. The van der Waals surface area contributed by atoms with E-state index in [1.165, 1.54) is 47.0 Å². The van der Waals surface area contributed by atoms with Crippen LogP contribution in [-0.2, 0) is 9.53 Å². The molecule has 0 atom stereocenters. The molecule has 0 spiro atoms. The Morgan fingerprint density at radius 1 is 1.07 bits per heavy atom. The number of likely N-dealkylation sites (N-methyl/N-ethyl adjacent to an activating group) is 1. The van der Waals surface area contributed by atoms with Crippen LogP contribution in [0, 0.1) is 10.1 Å². The fourth-order valence-electron chi connectivity index (χ4n) is 2.86. The quantitative estimate of drug-likeness (QED) is 0.197. The Labute approximate surface area is 178 Å². The summed E-state index contributed by atoms with van der Waals surface area (Å²) in [5.74, 6) is -1.69. The summed E-state index contributed by atoms with van der Waals surface area (Å²) in [5.41, 5.74) is -0.0624. The topological polar surface area (TPSA) is 107 Å². The Hall–Kier alpha value is -3.20. The molecule has 0 aliphatic heterocycles. The third-order valence-corrected chi connectivity index (χ3v) is 5.26.